The average Bonchev–Trinajstić information content (AvgIpc) is 3.42. The highest BCUT2D eigenvalue weighted by molar-refractivity contribution is 5.11. The van der Waals surface area contributed by atoms with Gasteiger partial charge in [-0.2, -0.15) is 0 Å². The summed E-state index contributed by atoms with van der Waals surface area (Å²) in [4.78, 5) is 0. The quantitative estimate of drug-likeness (QED) is 0.288. The fourth-order valence-electron chi connectivity index (χ4n) is 3.95. The minimum Gasteiger partial charge on any atom is -0.0883 e. The molecule has 2 fully saturated rings. The van der Waals surface area contributed by atoms with E-state index in [2.05, 4.69) is 52.0 Å². The minimum absolute atomic E-state index is 0. The van der Waals surface area contributed by atoms with Gasteiger partial charge in [-0.25, -0.2) is 0 Å². The predicted molar refractivity (Wildman–Crippen MR) is 189 cm³/mol. The third kappa shape index (κ3) is 44.9. The lowest BCUT2D eigenvalue weighted by Gasteiger charge is -2.15. The molecule has 0 N–H and O–H groups in total. The highest BCUT2D eigenvalue weighted by atomic mass is 14.1. The van der Waals surface area contributed by atoms with Gasteiger partial charge in [0.15, 0.2) is 0 Å². The van der Waals surface area contributed by atoms with Crippen LogP contribution in [0.3, 0.4) is 0 Å². The first-order valence-electron chi connectivity index (χ1n) is 15.8. The van der Waals surface area contributed by atoms with E-state index >= 15 is 0 Å². The van der Waals surface area contributed by atoms with E-state index in [-0.39, 0.29) is 22.3 Å². The van der Waals surface area contributed by atoms with Gasteiger partial charge in [0.1, 0.15) is 0 Å². The van der Waals surface area contributed by atoms with E-state index in [4.69, 9.17) is 0 Å². The summed E-state index contributed by atoms with van der Waals surface area (Å²) in [5.41, 5.74) is 1.32. The minimum atomic E-state index is 0. The van der Waals surface area contributed by atoms with Crippen molar-refractivity contribution in [3.63, 3.8) is 0 Å². The van der Waals surface area contributed by atoms with Crippen LogP contribution in [0.1, 0.15) is 181 Å². The molecule has 1 aromatic carbocycles. The molecule has 3 aliphatic carbocycles. The van der Waals surface area contributed by atoms with Gasteiger partial charge in [-0.05, 0) is 43.9 Å². The molecular formula is C38H82. The zero-order chi connectivity index (χ0) is 27.7. The topological polar surface area (TPSA) is 0 Å². The van der Waals surface area contributed by atoms with Crippen LogP contribution in [-0.4, -0.2) is 0 Å². The van der Waals surface area contributed by atoms with Crippen molar-refractivity contribution < 1.29 is 0 Å². The van der Waals surface area contributed by atoms with Crippen LogP contribution >= 0.6 is 0 Å². The van der Waals surface area contributed by atoms with Gasteiger partial charge >= 0.3 is 0 Å². The van der Waals surface area contributed by atoms with Crippen molar-refractivity contribution in [3.8, 4) is 0 Å². The van der Waals surface area contributed by atoms with E-state index in [1.807, 2.05) is 73.6 Å². The van der Waals surface area contributed by atoms with Crippen molar-refractivity contribution in [2.75, 3.05) is 0 Å². The molecule has 0 amide bonds. The van der Waals surface area contributed by atoms with Gasteiger partial charge in [0.25, 0.3) is 0 Å². The second-order valence-corrected chi connectivity index (χ2v) is 9.12. The lowest BCUT2D eigenvalue weighted by molar-refractivity contribution is 0.385. The van der Waals surface area contributed by atoms with Crippen LogP contribution in [0.2, 0.25) is 0 Å². The third-order valence-electron chi connectivity index (χ3n) is 5.97. The van der Waals surface area contributed by atoms with Gasteiger partial charge in [0.05, 0.1) is 0 Å². The summed E-state index contributed by atoms with van der Waals surface area (Å²) in [7, 11) is 0. The van der Waals surface area contributed by atoms with Crippen LogP contribution in [0.15, 0.2) is 42.5 Å². The number of hydrogen-bond donors (Lipinski definition) is 0. The number of benzene rings is 1. The second-order valence-electron chi connectivity index (χ2n) is 9.12. The largest absolute Gasteiger partial charge is 0.0883 e. The van der Waals surface area contributed by atoms with Crippen molar-refractivity contribution in [2.45, 2.75) is 182 Å². The van der Waals surface area contributed by atoms with E-state index < -0.39 is 0 Å². The van der Waals surface area contributed by atoms with Gasteiger partial charge < -0.3 is 0 Å². The Kier molecular flexibility index (Phi) is 68.6. The standard InChI is InChI=1S/C7H14.C7H12.C7H8.C6H12.4C2H6.3CH4/c3*1-7-5-3-2-4-6-7;1-6-4-2-3-5-6;4*1-2;;;/h7H,2-6H2,1H3;3,5,7H,2,4,6H2,1H3;2-6H,1H3;6H,2-5H2,1H3;4*1-2H3;3*1H4. The van der Waals surface area contributed by atoms with Crippen LogP contribution in [-0.2, 0) is 0 Å². The Morgan fingerprint density at radius 3 is 1.03 bits per heavy atom. The Bertz CT molecular complexity index is 446. The Morgan fingerprint density at radius 2 is 0.868 bits per heavy atom. The molecule has 1 aromatic rings. The smallest absolute Gasteiger partial charge is 0.0262 e. The van der Waals surface area contributed by atoms with Gasteiger partial charge in [0, 0.05) is 0 Å². The predicted octanol–water partition coefficient (Wildman–Crippen LogP) is 15.2. The highest BCUT2D eigenvalue weighted by Gasteiger charge is 2.07. The highest BCUT2D eigenvalue weighted by Crippen LogP contribution is 2.23. The molecule has 0 bridgehead atoms. The Labute approximate surface area is 247 Å². The van der Waals surface area contributed by atoms with E-state index in [1.54, 1.807) is 0 Å². The molecule has 0 spiro atoms. The lowest BCUT2D eigenvalue weighted by Crippen LogP contribution is -1.99. The summed E-state index contributed by atoms with van der Waals surface area (Å²) in [5, 5.41) is 0. The molecule has 3 aliphatic rings. The van der Waals surface area contributed by atoms with Crippen LogP contribution in [0.4, 0.5) is 0 Å². The molecule has 1 unspecified atom stereocenters. The van der Waals surface area contributed by atoms with Crippen molar-refractivity contribution >= 4 is 0 Å². The van der Waals surface area contributed by atoms with Crippen molar-refractivity contribution in [1.29, 1.82) is 0 Å². The first-order valence-corrected chi connectivity index (χ1v) is 15.8. The summed E-state index contributed by atoms with van der Waals surface area (Å²) >= 11 is 0. The molecule has 0 heterocycles. The van der Waals surface area contributed by atoms with Crippen molar-refractivity contribution in [2.24, 2.45) is 17.8 Å². The molecule has 0 aliphatic heterocycles. The molecule has 0 saturated heterocycles. The average molecular weight is 539 g/mol. The van der Waals surface area contributed by atoms with Gasteiger partial charge in [0.2, 0.25) is 0 Å². The summed E-state index contributed by atoms with van der Waals surface area (Å²) in [6.45, 7) is 25.1. The summed E-state index contributed by atoms with van der Waals surface area (Å²) in [6, 6.07) is 10.3. The van der Waals surface area contributed by atoms with Crippen LogP contribution in [0.25, 0.3) is 0 Å². The van der Waals surface area contributed by atoms with Crippen molar-refractivity contribution in [1.82, 2.24) is 0 Å². The molecule has 4 rings (SSSR count). The second kappa shape index (κ2) is 49.0. The molecule has 2 saturated carbocycles. The first-order chi connectivity index (χ1) is 17.1. The number of rotatable bonds is 0. The molecule has 0 aromatic heterocycles. The van der Waals surface area contributed by atoms with E-state index in [0.717, 1.165) is 17.8 Å². The molecular weight excluding hydrogens is 456 g/mol. The zero-order valence-corrected chi connectivity index (χ0v) is 26.8. The van der Waals surface area contributed by atoms with Crippen LogP contribution in [0, 0.1) is 24.7 Å². The maximum absolute atomic E-state index is 2.36. The molecule has 1 atom stereocenters. The maximum Gasteiger partial charge on any atom is -0.0262 e. The first kappa shape index (κ1) is 53.2. The molecule has 0 heteroatoms. The Balaban J connectivity index is -0.0000000605. The SMILES string of the molecule is C.C.C.CC.CC.CC.CC.CC1C=CCCC1.CC1CCCC1.CC1CCCCC1.Cc1ccccc1. The fraction of sp³-hybridized carbons (Fsp3) is 0.789. The number of allylic oxidation sites excluding steroid dienone is 2. The van der Waals surface area contributed by atoms with Gasteiger partial charge in [-0.15, -0.1) is 0 Å². The van der Waals surface area contributed by atoms with E-state index in [0.29, 0.717) is 0 Å². The maximum atomic E-state index is 2.36. The zero-order valence-electron chi connectivity index (χ0n) is 26.8. The number of aryl methyl sites for hydroxylation is 1. The van der Waals surface area contributed by atoms with Crippen LogP contribution in [0.5, 0.6) is 0 Å². The number of hydrogen-bond acceptors (Lipinski definition) is 0. The normalized spacial score (nSPS) is 16.6. The Morgan fingerprint density at radius 1 is 0.500 bits per heavy atom. The molecule has 234 valence electrons. The monoisotopic (exact) mass is 539 g/mol. The van der Waals surface area contributed by atoms with E-state index in [1.165, 1.54) is 82.6 Å². The van der Waals surface area contributed by atoms with Gasteiger partial charge in [-0.3, -0.25) is 0 Å². The Hall–Kier alpha value is -1.04. The third-order valence-corrected chi connectivity index (χ3v) is 5.97. The van der Waals surface area contributed by atoms with Crippen molar-refractivity contribution in [3.05, 3.63) is 48.0 Å². The summed E-state index contributed by atoms with van der Waals surface area (Å²) < 4.78 is 0. The molecule has 0 radical (unpaired) electrons. The van der Waals surface area contributed by atoms with Crippen LogP contribution < -0.4 is 0 Å². The lowest BCUT2D eigenvalue weighted by atomic mass is 9.91. The fourth-order valence-corrected chi connectivity index (χ4v) is 3.95. The van der Waals surface area contributed by atoms with E-state index in [9.17, 15) is 0 Å². The molecule has 0 nitrogen and oxygen atoms in total. The van der Waals surface area contributed by atoms with Gasteiger partial charge in [-0.1, -0.05) is 204 Å². The summed E-state index contributed by atoms with van der Waals surface area (Å²) in [6.07, 6.45) is 22.1. The molecule has 38 heavy (non-hydrogen) atoms. The summed E-state index contributed by atoms with van der Waals surface area (Å²) in [5.74, 6) is 2.94.